The highest BCUT2D eigenvalue weighted by molar-refractivity contribution is 7.12. The highest BCUT2D eigenvalue weighted by atomic mass is 32.1. The van der Waals surface area contributed by atoms with Crippen LogP contribution < -0.4 is 10.1 Å². The van der Waals surface area contributed by atoms with Crippen molar-refractivity contribution >= 4 is 34.0 Å². The molecule has 3 aromatic rings. The smallest absolute Gasteiger partial charge is 0.328 e. The number of esters is 1. The molecule has 6 nitrogen and oxygen atoms in total. The number of nitrogens with zero attached hydrogens (tertiary/aromatic N) is 1. The summed E-state index contributed by atoms with van der Waals surface area (Å²) in [7, 11) is 1.36. The minimum absolute atomic E-state index is 0.249. The van der Waals surface area contributed by atoms with Crippen LogP contribution in [0.25, 0.3) is 10.8 Å². The predicted molar refractivity (Wildman–Crippen MR) is 174 cm³/mol. The number of hydrogen-bond acceptors (Lipinski definition) is 6. The van der Waals surface area contributed by atoms with Gasteiger partial charge >= 0.3 is 5.97 Å². The van der Waals surface area contributed by atoms with Crippen LogP contribution in [0.3, 0.4) is 0 Å². The van der Waals surface area contributed by atoms with Crippen molar-refractivity contribution in [3.63, 3.8) is 0 Å². The van der Waals surface area contributed by atoms with E-state index in [9.17, 15) is 9.59 Å². The summed E-state index contributed by atoms with van der Waals surface area (Å²) in [6, 6.07) is 11.4. The van der Waals surface area contributed by atoms with Crippen molar-refractivity contribution in [2.75, 3.05) is 7.11 Å². The number of aromatic nitrogens is 1. The molecule has 1 amide bonds. The van der Waals surface area contributed by atoms with E-state index in [-0.39, 0.29) is 12.0 Å². The Morgan fingerprint density at radius 3 is 2.37 bits per heavy atom. The third kappa shape index (κ3) is 7.97. The third-order valence-corrected chi connectivity index (χ3v) is 10.9. The summed E-state index contributed by atoms with van der Waals surface area (Å²) in [5.74, 6) is 2.59. The van der Waals surface area contributed by atoms with Crippen molar-refractivity contribution in [3.8, 4) is 5.75 Å². The number of thiophene rings is 1. The highest BCUT2D eigenvalue weighted by Crippen LogP contribution is 2.35. The van der Waals surface area contributed by atoms with Gasteiger partial charge in [-0.2, -0.15) is 0 Å². The Balaban J connectivity index is 1.37. The number of carbonyl (C=O) groups excluding carboxylic acids is 2. The molecule has 0 radical (unpaired) electrons. The molecular formula is C36H48N2O4S. The Labute approximate surface area is 261 Å². The molecule has 5 rings (SSSR count). The largest absolute Gasteiger partial charge is 0.490 e. The maximum absolute atomic E-state index is 13.6. The van der Waals surface area contributed by atoms with E-state index in [1.807, 2.05) is 18.2 Å². The quantitative estimate of drug-likeness (QED) is 0.223. The maximum Gasteiger partial charge on any atom is 0.328 e. The van der Waals surface area contributed by atoms with Gasteiger partial charge in [0.25, 0.3) is 5.91 Å². The second-order valence-electron chi connectivity index (χ2n) is 13.3. The third-order valence-electron chi connectivity index (χ3n) is 9.48. The van der Waals surface area contributed by atoms with Gasteiger partial charge in [-0.1, -0.05) is 59.4 Å². The Bertz CT molecular complexity index is 1400. The highest BCUT2D eigenvalue weighted by Gasteiger charge is 2.27. The topological polar surface area (TPSA) is 77.5 Å². The summed E-state index contributed by atoms with van der Waals surface area (Å²) < 4.78 is 11.6. The summed E-state index contributed by atoms with van der Waals surface area (Å²) in [6.45, 7) is 8.95. The molecule has 0 aliphatic heterocycles. The van der Waals surface area contributed by atoms with Crippen LogP contribution in [0.15, 0.2) is 36.4 Å². The fourth-order valence-corrected chi connectivity index (χ4v) is 7.84. The van der Waals surface area contributed by atoms with Crippen LogP contribution in [-0.2, 0) is 22.4 Å². The molecule has 0 spiro atoms. The average molecular weight is 605 g/mol. The molecule has 2 aromatic heterocycles. The Morgan fingerprint density at radius 2 is 1.72 bits per heavy atom. The van der Waals surface area contributed by atoms with Crippen molar-refractivity contribution in [2.24, 2.45) is 17.8 Å². The molecule has 1 atom stereocenters. The molecule has 2 aliphatic rings. The summed E-state index contributed by atoms with van der Waals surface area (Å²) >= 11 is 1.67. The van der Waals surface area contributed by atoms with Crippen molar-refractivity contribution in [1.29, 1.82) is 0 Å². The summed E-state index contributed by atoms with van der Waals surface area (Å²) in [6.07, 6.45) is 11.0. The van der Waals surface area contributed by atoms with Crippen molar-refractivity contribution in [1.82, 2.24) is 10.3 Å². The number of ether oxygens (including phenoxy) is 2. The van der Waals surface area contributed by atoms with Gasteiger partial charge in [-0.25, -0.2) is 9.78 Å². The molecule has 0 saturated heterocycles. The summed E-state index contributed by atoms with van der Waals surface area (Å²) in [5, 5.41) is 4.97. The molecule has 2 heterocycles. The number of pyridine rings is 1. The van der Waals surface area contributed by atoms with E-state index < -0.39 is 12.0 Å². The first-order chi connectivity index (χ1) is 20.7. The van der Waals surface area contributed by atoms with Crippen LogP contribution in [0.1, 0.15) is 111 Å². The van der Waals surface area contributed by atoms with Crippen LogP contribution in [0.5, 0.6) is 5.75 Å². The van der Waals surface area contributed by atoms with E-state index >= 15 is 0 Å². The van der Waals surface area contributed by atoms with E-state index in [0.29, 0.717) is 24.0 Å². The Hall–Kier alpha value is -2.93. The fourth-order valence-electron chi connectivity index (χ4n) is 6.78. The molecular weight excluding hydrogens is 556 g/mol. The maximum atomic E-state index is 13.6. The van der Waals surface area contributed by atoms with Crippen molar-refractivity contribution in [2.45, 2.75) is 110 Å². The van der Waals surface area contributed by atoms with Gasteiger partial charge in [0.05, 0.1) is 13.2 Å². The minimum Gasteiger partial charge on any atom is -0.490 e. The molecule has 7 heteroatoms. The molecule has 0 unspecified atom stereocenters. The first-order valence-corrected chi connectivity index (χ1v) is 17.1. The SMILES string of the molecule is COC(=O)[C@H](Cc1ccc(C(C)C)s1)NC(=O)c1cc2ccc(OC3CCC(C(C)C)CC3)cc2c(CC2CCCC2)n1. The van der Waals surface area contributed by atoms with Crippen molar-refractivity contribution < 1.29 is 19.1 Å². The Morgan fingerprint density at radius 1 is 0.977 bits per heavy atom. The number of methoxy groups -OCH3 is 1. The number of rotatable bonds is 11. The van der Waals surface area contributed by atoms with Crippen LogP contribution in [0.4, 0.5) is 0 Å². The number of hydrogen-bond donors (Lipinski definition) is 1. The zero-order valence-electron chi connectivity index (χ0n) is 26.5. The first kappa shape index (κ1) is 31.5. The van der Waals surface area contributed by atoms with Gasteiger partial charge in [0.15, 0.2) is 0 Å². The van der Waals surface area contributed by atoms with Crippen LogP contribution in [0, 0.1) is 17.8 Å². The van der Waals surface area contributed by atoms with Gasteiger partial charge in [-0.05, 0) is 91.5 Å². The first-order valence-electron chi connectivity index (χ1n) is 16.3. The lowest BCUT2D eigenvalue weighted by Gasteiger charge is -2.31. The molecule has 1 N–H and O–H groups in total. The van der Waals surface area contributed by atoms with Crippen molar-refractivity contribution in [3.05, 3.63) is 57.5 Å². The van der Waals surface area contributed by atoms with Crippen LogP contribution in [0.2, 0.25) is 0 Å². The van der Waals surface area contributed by atoms with E-state index in [2.05, 4.69) is 51.2 Å². The number of benzene rings is 1. The van der Waals surface area contributed by atoms with E-state index in [0.717, 1.165) is 58.2 Å². The Kier molecular flexibility index (Phi) is 10.4. The molecule has 1 aromatic carbocycles. The number of fused-ring (bicyclic) bond motifs is 1. The van der Waals surface area contributed by atoms with Gasteiger partial charge < -0.3 is 14.8 Å². The van der Waals surface area contributed by atoms with E-state index in [1.165, 1.54) is 50.5 Å². The number of nitrogens with one attached hydrogen (secondary N) is 1. The van der Waals surface area contributed by atoms with Crippen LogP contribution >= 0.6 is 11.3 Å². The molecule has 232 valence electrons. The molecule has 43 heavy (non-hydrogen) atoms. The van der Waals surface area contributed by atoms with Gasteiger partial charge in [-0.15, -0.1) is 11.3 Å². The van der Waals surface area contributed by atoms with Crippen LogP contribution in [-0.4, -0.2) is 36.1 Å². The van der Waals surface area contributed by atoms with Gasteiger partial charge in [0, 0.05) is 27.3 Å². The minimum atomic E-state index is -0.784. The zero-order chi connectivity index (χ0) is 30.5. The predicted octanol–water partition coefficient (Wildman–Crippen LogP) is 8.26. The lowest BCUT2D eigenvalue weighted by Crippen LogP contribution is -2.43. The number of amides is 1. The molecule has 2 saturated carbocycles. The van der Waals surface area contributed by atoms with Gasteiger partial charge in [-0.3, -0.25) is 4.79 Å². The zero-order valence-corrected chi connectivity index (χ0v) is 27.3. The lowest BCUT2D eigenvalue weighted by atomic mass is 9.80. The second kappa shape index (κ2) is 14.2. The summed E-state index contributed by atoms with van der Waals surface area (Å²) in [5.41, 5.74) is 1.28. The lowest BCUT2D eigenvalue weighted by molar-refractivity contribution is -0.142. The fraction of sp³-hybridized carbons (Fsp3) is 0.583. The standard InChI is InChI=1S/C36H48N2O4S/c1-22(2)25-10-13-27(14-11-25)42-28-15-12-26-19-32(37-31(30(26)20-28)18-24-8-6-7-9-24)35(39)38-33(36(40)41-5)21-29-16-17-34(43-29)23(3)4/h12,15-17,19-20,22-25,27,33H,6-11,13-14,18,21H2,1-5H3,(H,38,39)/t25?,27?,33-/m0/s1. The van der Waals surface area contributed by atoms with E-state index in [4.69, 9.17) is 14.5 Å². The average Bonchev–Trinajstić information content (AvgIpc) is 3.69. The molecule has 2 fully saturated rings. The van der Waals surface area contributed by atoms with E-state index in [1.54, 1.807) is 11.3 Å². The summed E-state index contributed by atoms with van der Waals surface area (Å²) in [4.78, 5) is 33.6. The van der Waals surface area contributed by atoms with Gasteiger partial charge in [0.2, 0.25) is 0 Å². The van der Waals surface area contributed by atoms with Gasteiger partial charge in [0.1, 0.15) is 17.5 Å². The normalized spacial score (nSPS) is 20.1. The molecule has 0 bridgehead atoms. The monoisotopic (exact) mass is 604 g/mol. The molecule has 2 aliphatic carbocycles. The second-order valence-corrected chi connectivity index (χ2v) is 14.5. The number of carbonyl (C=O) groups is 2.